The molecule has 4 aromatic rings. The third kappa shape index (κ3) is 6.90. The van der Waals surface area contributed by atoms with Crippen LogP contribution in [0.4, 0.5) is 5.69 Å². The van der Waals surface area contributed by atoms with E-state index < -0.39 is 21.9 Å². The van der Waals surface area contributed by atoms with Crippen molar-refractivity contribution in [2.45, 2.75) is 4.90 Å². The molecule has 0 aromatic heterocycles. The Morgan fingerprint density at radius 1 is 0.811 bits per heavy atom. The number of nitrogens with one attached hydrogen (secondary N) is 2. The number of carbonyl (C=O) groups is 2. The number of sulfonamides is 1. The van der Waals surface area contributed by atoms with E-state index in [0.717, 1.165) is 4.47 Å². The average molecular weight is 578 g/mol. The highest BCUT2D eigenvalue weighted by Crippen LogP contribution is 2.23. The van der Waals surface area contributed by atoms with Gasteiger partial charge in [-0.2, -0.15) is 5.10 Å². The van der Waals surface area contributed by atoms with E-state index in [1.54, 1.807) is 66.7 Å². The number of carbonyl (C=O) groups excluding carboxylic acids is 2. The van der Waals surface area contributed by atoms with E-state index in [9.17, 15) is 18.0 Å². The molecule has 4 rings (SSSR count). The summed E-state index contributed by atoms with van der Waals surface area (Å²) in [5, 5.41) is 3.97. The first-order chi connectivity index (χ1) is 17.8. The fourth-order valence-corrected chi connectivity index (χ4v) is 4.63. The van der Waals surface area contributed by atoms with Crippen molar-refractivity contribution in [2.75, 3.05) is 4.72 Å². The number of ether oxygens (including phenoxy) is 1. The van der Waals surface area contributed by atoms with Gasteiger partial charge in [-0.25, -0.2) is 18.6 Å². The van der Waals surface area contributed by atoms with Gasteiger partial charge in [0.1, 0.15) is 5.75 Å². The smallest absolute Gasteiger partial charge is 0.343 e. The molecule has 0 saturated carbocycles. The van der Waals surface area contributed by atoms with Crippen LogP contribution in [0, 0.1) is 0 Å². The third-order valence-electron chi connectivity index (χ3n) is 5.01. The van der Waals surface area contributed by atoms with E-state index in [4.69, 9.17) is 4.74 Å². The molecule has 0 fully saturated rings. The van der Waals surface area contributed by atoms with Crippen molar-refractivity contribution in [3.05, 3.63) is 124 Å². The van der Waals surface area contributed by atoms with E-state index in [1.807, 2.05) is 0 Å². The Balaban J connectivity index is 1.41. The second-order valence-electron chi connectivity index (χ2n) is 7.63. The first kappa shape index (κ1) is 25.8. The van der Waals surface area contributed by atoms with Crippen molar-refractivity contribution >= 4 is 49.7 Å². The van der Waals surface area contributed by atoms with Gasteiger partial charge < -0.3 is 4.74 Å². The van der Waals surface area contributed by atoms with Crippen LogP contribution in [0.15, 0.2) is 118 Å². The number of hydrogen-bond donors (Lipinski definition) is 2. The summed E-state index contributed by atoms with van der Waals surface area (Å²) in [6.07, 6.45) is 1.36. The maximum atomic E-state index is 12.5. The van der Waals surface area contributed by atoms with Crippen molar-refractivity contribution in [3.8, 4) is 5.75 Å². The number of hydrogen-bond acceptors (Lipinski definition) is 6. The quantitative estimate of drug-likeness (QED) is 0.129. The first-order valence-corrected chi connectivity index (χ1v) is 13.2. The monoisotopic (exact) mass is 577 g/mol. The molecule has 0 saturated heterocycles. The zero-order chi connectivity index (χ0) is 26.3. The number of anilines is 1. The van der Waals surface area contributed by atoms with Crippen molar-refractivity contribution in [1.82, 2.24) is 5.43 Å². The van der Waals surface area contributed by atoms with Crippen LogP contribution in [0.1, 0.15) is 26.3 Å². The average Bonchev–Trinajstić information content (AvgIpc) is 2.91. The van der Waals surface area contributed by atoms with Gasteiger partial charge in [0.15, 0.2) is 0 Å². The van der Waals surface area contributed by atoms with Crippen LogP contribution in [-0.2, 0) is 10.0 Å². The molecule has 0 aliphatic heterocycles. The van der Waals surface area contributed by atoms with E-state index in [-0.39, 0.29) is 16.2 Å². The molecule has 0 bridgehead atoms. The van der Waals surface area contributed by atoms with E-state index in [1.165, 1.54) is 42.6 Å². The molecule has 0 unspecified atom stereocenters. The highest BCUT2D eigenvalue weighted by Gasteiger charge is 2.14. The molecule has 0 heterocycles. The standard InChI is InChI=1S/C27H20BrN3O5S/c28-22-13-16-25(36-27(33)20-7-3-1-4-8-20)21(17-22)18-29-30-26(32)19-11-14-23(15-12-19)31-37(34,35)24-9-5-2-6-10-24/h1-18,31H,(H,30,32)/b29-18+. The summed E-state index contributed by atoms with van der Waals surface area (Å²) in [6, 6.07) is 27.5. The number of benzene rings is 4. The summed E-state index contributed by atoms with van der Waals surface area (Å²) < 4.78 is 33.6. The van der Waals surface area contributed by atoms with Crippen molar-refractivity contribution < 1.29 is 22.7 Å². The van der Waals surface area contributed by atoms with Gasteiger partial charge in [0.25, 0.3) is 15.9 Å². The third-order valence-corrected chi connectivity index (χ3v) is 6.90. The Labute approximate surface area is 222 Å². The van der Waals surface area contributed by atoms with Crippen LogP contribution >= 0.6 is 15.9 Å². The SMILES string of the molecule is O=C(N/N=C/c1cc(Br)ccc1OC(=O)c1ccccc1)c1ccc(NS(=O)(=O)c2ccccc2)cc1. The zero-order valence-electron chi connectivity index (χ0n) is 19.2. The molecule has 10 heteroatoms. The Morgan fingerprint density at radius 3 is 2.14 bits per heavy atom. The minimum Gasteiger partial charge on any atom is -0.422 e. The second-order valence-corrected chi connectivity index (χ2v) is 10.2. The minimum absolute atomic E-state index is 0.132. The predicted molar refractivity (Wildman–Crippen MR) is 144 cm³/mol. The highest BCUT2D eigenvalue weighted by atomic mass is 79.9. The molecule has 0 atom stereocenters. The molecule has 0 aliphatic carbocycles. The fourth-order valence-electron chi connectivity index (χ4n) is 3.17. The topological polar surface area (TPSA) is 114 Å². The Hall–Kier alpha value is -4.28. The molecule has 0 aliphatic rings. The number of nitrogens with zero attached hydrogens (tertiary/aromatic N) is 1. The molecule has 0 radical (unpaired) electrons. The highest BCUT2D eigenvalue weighted by molar-refractivity contribution is 9.10. The van der Waals surface area contributed by atoms with Crippen LogP contribution in [0.25, 0.3) is 0 Å². The van der Waals surface area contributed by atoms with Crippen LogP contribution < -0.4 is 14.9 Å². The molecular formula is C27H20BrN3O5S. The van der Waals surface area contributed by atoms with Crippen LogP contribution in [0.2, 0.25) is 0 Å². The van der Waals surface area contributed by atoms with E-state index in [2.05, 4.69) is 31.2 Å². The molecule has 1 amide bonds. The predicted octanol–water partition coefficient (Wildman–Crippen LogP) is 5.23. The summed E-state index contributed by atoms with van der Waals surface area (Å²) in [4.78, 5) is 25.1. The lowest BCUT2D eigenvalue weighted by Crippen LogP contribution is -2.18. The lowest BCUT2D eigenvalue weighted by molar-refractivity contribution is 0.0734. The van der Waals surface area contributed by atoms with Crippen molar-refractivity contribution in [1.29, 1.82) is 0 Å². The fraction of sp³-hybridized carbons (Fsp3) is 0. The van der Waals surface area contributed by atoms with Crippen LogP contribution in [0.3, 0.4) is 0 Å². The number of amides is 1. The molecule has 4 aromatic carbocycles. The second kappa shape index (κ2) is 11.6. The Morgan fingerprint density at radius 2 is 1.46 bits per heavy atom. The van der Waals surface area contributed by atoms with Crippen LogP contribution in [0.5, 0.6) is 5.75 Å². The maximum Gasteiger partial charge on any atom is 0.343 e. The van der Waals surface area contributed by atoms with Gasteiger partial charge in [0.05, 0.1) is 16.7 Å². The normalized spacial score (nSPS) is 11.2. The van der Waals surface area contributed by atoms with Crippen molar-refractivity contribution in [2.24, 2.45) is 5.10 Å². The summed E-state index contributed by atoms with van der Waals surface area (Å²) in [5.74, 6) is -0.763. The molecule has 8 nitrogen and oxygen atoms in total. The number of halogens is 1. The van der Waals surface area contributed by atoms with E-state index in [0.29, 0.717) is 16.8 Å². The largest absolute Gasteiger partial charge is 0.422 e. The summed E-state index contributed by atoms with van der Waals surface area (Å²) in [5.41, 5.74) is 3.85. The first-order valence-electron chi connectivity index (χ1n) is 10.9. The summed E-state index contributed by atoms with van der Waals surface area (Å²) >= 11 is 3.37. The number of rotatable bonds is 8. The van der Waals surface area contributed by atoms with Gasteiger partial charge in [0.2, 0.25) is 0 Å². The lowest BCUT2D eigenvalue weighted by Gasteiger charge is -2.09. The molecule has 186 valence electrons. The number of esters is 1. The van der Waals surface area contributed by atoms with Gasteiger partial charge in [-0.15, -0.1) is 0 Å². The summed E-state index contributed by atoms with van der Waals surface area (Å²) in [6.45, 7) is 0. The van der Waals surface area contributed by atoms with Gasteiger partial charge in [0, 0.05) is 21.3 Å². The van der Waals surface area contributed by atoms with Gasteiger partial charge in [-0.05, 0) is 66.7 Å². The molecule has 2 N–H and O–H groups in total. The van der Waals surface area contributed by atoms with Crippen LogP contribution in [-0.4, -0.2) is 26.5 Å². The van der Waals surface area contributed by atoms with Gasteiger partial charge in [-0.1, -0.05) is 52.3 Å². The summed E-state index contributed by atoms with van der Waals surface area (Å²) in [7, 11) is -3.74. The molecule has 37 heavy (non-hydrogen) atoms. The number of hydrazone groups is 1. The Kier molecular flexibility index (Phi) is 8.11. The van der Waals surface area contributed by atoms with Gasteiger partial charge in [-0.3, -0.25) is 9.52 Å². The van der Waals surface area contributed by atoms with Gasteiger partial charge >= 0.3 is 5.97 Å². The van der Waals surface area contributed by atoms with E-state index >= 15 is 0 Å². The molecule has 0 spiro atoms. The Bertz CT molecular complexity index is 1540. The lowest BCUT2D eigenvalue weighted by atomic mass is 10.2. The maximum absolute atomic E-state index is 12.5. The zero-order valence-corrected chi connectivity index (χ0v) is 21.6. The molecular weight excluding hydrogens is 558 g/mol. The van der Waals surface area contributed by atoms with Crippen molar-refractivity contribution in [3.63, 3.8) is 0 Å². The minimum atomic E-state index is -3.74.